The number of amides is 1. The SMILES string of the molecule is Cc1ccc(NC(N)=NCC(=O)N2CCN(c3ccccc3)CC2)cc1C. The van der Waals surface area contributed by atoms with Gasteiger partial charge in [0.2, 0.25) is 5.91 Å². The van der Waals surface area contributed by atoms with Crippen LogP contribution >= 0.6 is 0 Å². The summed E-state index contributed by atoms with van der Waals surface area (Å²) < 4.78 is 0. The topological polar surface area (TPSA) is 74.0 Å². The van der Waals surface area contributed by atoms with Crippen LogP contribution in [-0.4, -0.2) is 49.5 Å². The van der Waals surface area contributed by atoms with Crippen molar-refractivity contribution in [2.24, 2.45) is 10.7 Å². The van der Waals surface area contributed by atoms with Crippen LogP contribution in [0, 0.1) is 13.8 Å². The number of hydrogen-bond acceptors (Lipinski definition) is 3. The van der Waals surface area contributed by atoms with Crippen molar-refractivity contribution in [2.75, 3.05) is 42.9 Å². The third kappa shape index (κ3) is 5.00. The lowest BCUT2D eigenvalue weighted by atomic mass is 10.1. The molecular weight excluding hydrogens is 338 g/mol. The van der Waals surface area contributed by atoms with Crippen LogP contribution in [0.3, 0.4) is 0 Å². The summed E-state index contributed by atoms with van der Waals surface area (Å²) in [5.41, 5.74) is 10.4. The predicted octanol–water partition coefficient (Wildman–Crippen LogP) is 2.38. The Morgan fingerprint density at radius 3 is 2.41 bits per heavy atom. The number of aryl methyl sites for hydroxylation is 2. The summed E-state index contributed by atoms with van der Waals surface area (Å²) in [5, 5.41) is 3.05. The number of nitrogens with zero attached hydrogens (tertiary/aromatic N) is 3. The fraction of sp³-hybridized carbons (Fsp3) is 0.333. The standard InChI is InChI=1S/C21H27N5O/c1-16-8-9-18(14-17(16)2)24-21(22)23-15-20(27)26-12-10-25(11-13-26)19-6-4-3-5-7-19/h3-9,14H,10-13,15H2,1-2H3,(H3,22,23,24). The average molecular weight is 365 g/mol. The number of para-hydroxylation sites is 1. The molecule has 2 aromatic carbocycles. The molecule has 0 aliphatic carbocycles. The number of carbonyl (C=O) groups is 1. The molecule has 0 aromatic heterocycles. The van der Waals surface area contributed by atoms with Crippen molar-refractivity contribution < 1.29 is 4.79 Å². The first-order valence-corrected chi connectivity index (χ1v) is 9.25. The molecular formula is C21H27N5O. The van der Waals surface area contributed by atoms with E-state index in [0.717, 1.165) is 18.8 Å². The summed E-state index contributed by atoms with van der Waals surface area (Å²) in [6.45, 7) is 7.24. The molecule has 6 nitrogen and oxygen atoms in total. The molecule has 0 bridgehead atoms. The van der Waals surface area contributed by atoms with E-state index >= 15 is 0 Å². The van der Waals surface area contributed by atoms with Gasteiger partial charge in [0.1, 0.15) is 6.54 Å². The van der Waals surface area contributed by atoms with E-state index in [4.69, 9.17) is 5.73 Å². The molecule has 3 N–H and O–H groups in total. The Morgan fingerprint density at radius 2 is 1.74 bits per heavy atom. The van der Waals surface area contributed by atoms with Crippen LogP contribution in [0.15, 0.2) is 53.5 Å². The number of nitrogens with one attached hydrogen (secondary N) is 1. The normalized spacial score (nSPS) is 15.0. The van der Waals surface area contributed by atoms with Crippen molar-refractivity contribution in [3.05, 3.63) is 59.7 Å². The number of benzene rings is 2. The third-order valence-electron chi connectivity index (χ3n) is 4.92. The van der Waals surface area contributed by atoms with Crippen molar-refractivity contribution in [3.63, 3.8) is 0 Å². The largest absolute Gasteiger partial charge is 0.370 e. The Labute approximate surface area is 160 Å². The number of hydrogen-bond donors (Lipinski definition) is 2. The van der Waals surface area contributed by atoms with E-state index in [1.165, 1.54) is 16.8 Å². The molecule has 27 heavy (non-hydrogen) atoms. The molecule has 0 radical (unpaired) electrons. The summed E-state index contributed by atoms with van der Waals surface area (Å²) in [6, 6.07) is 16.3. The molecule has 6 heteroatoms. The van der Waals surface area contributed by atoms with Crippen molar-refractivity contribution in [1.82, 2.24) is 4.90 Å². The summed E-state index contributed by atoms with van der Waals surface area (Å²) in [4.78, 5) is 20.8. The van der Waals surface area contributed by atoms with Gasteiger partial charge in [0.15, 0.2) is 5.96 Å². The second-order valence-electron chi connectivity index (χ2n) is 6.83. The highest BCUT2D eigenvalue weighted by atomic mass is 16.2. The molecule has 142 valence electrons. The van der Waals surface area contributed by atoms with Crippen LogP contribution < -0.4 is 16.0 Å². The second kappa shape index (κ2) is 8.58. The smallest absolute Gasteiger partial charge is 0.244 e. The van der Waals surface area contributed by atoms with Gasteiger partial charge in [0.25, 0.3) is 0 Å². The summed E-state index contributed by atoms with van der Waals surface area (Å²) in [5.74, 6) is 0.266. The summed E-state index contributed by atoms with van der Waals surface area (Å²) in [7, 11) is 0. The van der Waals surface area contributed by atoms with Gasteiger partial charge in [-0.05, 0) is 49.2 Å². The quantitative estimate of drug-likeness (QED) is 0.644. The molecule has 2 aromatic rings. The van der Waals surface area contributed by atoms with Crippen molar-refractivity contribution in [1.29, 1.82) is 0 Å². The van der Waals surface area contributed by atoms with Crippen molar-refractivity contribution in [3.8, 4) is 0 Å². The fourth-order valence-electron chi connectivity index (χ4n) is 3.11. The highest BCUT2D eigenvalue weighted by molar-refractivity contribution is 5.94. The van der Waals surface area contributed by atoms with E-state index < -0.39 is 0 Å². The maximum absolute atomic E-state index is 12.4. The highest BCUT2D eigenvalue weighted by Gasteiger charge is 2.20. The first kappa shape index (κ1) is 18.8. The maximum atomic E-state index is 12.4. The molecule has 1 aliphatic heterocycles. The molecule has 1 fully saturated rings. The number of nitrogens with two attached hydrogens (primary N) is 1. The van der Waals surface area contributed by atoms with E-state index in [0.29, 0.717) is 13.1 Å². The average Bonchev–Trinajstić information content (AvgIpc) is 2.70. The Kier molecular flexibility index (Phi) is 5.96. The minimum atomic E-state index is 0.00699. The number of piperazine rings is 1. The lowest BCUT2D eigenvalue weighted by molar-refractivity contribution is -0.129. The van der Waals surface area contributed by atoms with E-state index in [-0.39, 0.29) is 18.4 Å². The van der Waals surface area contributed by atoms with Gasteiger partial charge in [-0.3, -0.25) is 4.79 Å². The van der Waals surface area contributed by atoms with E-state index in [2.05, 4.69) is 34.3 Å². The fourth-order valence-corrected chi connectivity index (χ4v) is 3.11. The van der Waals surface area contributed by atoms with Gasteiger partial charge >= 0.3 is 0 Å². The predicted molar refractivity (Wildman–Crippen MR) is 111 cm³/mol. The summed E-state index contributed by atoms with van der Waals surface area (Å²) in [6.07, 6.45) is 0. The van der Waals surface area contributed by atoms with Gasteiger partial charge in [0, 0.05) is 37.6 Å². The number of anilines is 2. The Balaban J connectivity index is 1.49. The van der Waals surface area contributed by atoms with Crippen molar-refractivity contribution in [2.45, 2.75) is 13.8 Å². The van der Waals surface area contributed by atoms with Gasteiger partial charge in [-0.2, -0.15) is 0 Å². The monoisotopic (exact) mass is 365 g/mol. The molecule has 3 rings (SSSR count). The van der Waals surface area contributed by atoms with E-state index in [1.807, 2.05) is 48.2 Å². The molecule has 1 aliphatic rings. The van der Waals surface area contributed by atoms with Crippen LogP contribution in [-0.2, 0) is 4.79 Å². The lowest BCUT2D eigenvalue weighted by Crippen LogP contribution is -2.49. The van der Waals surface area contributed by atoms with Crippen LogP contribution in [0.4, 0.5) is 11.4 Å². The maximum Gasteiger partial charge on any atom is 0.244 e. The van der Waals surface area contributed by atoms with Gasteiger partial charge in [0.05, 0.1) is 0 Å². The highest BCUT2D eigenvalue weighted by Crippen LogP contribution is 2.16. The van der Waals surface area contributed by atoms with Gasteiger partial charge in [-0.25, -0.2) is 4.99 Å². The molecule has 1 amide bonds. The number of guanidine groups is 1. The van der Waals surface area contributed by atoms with E-state index in [1.54, 1.807) is 0 Å². The van der Waals surface area contributed by atoms with Crippen LogP contribution in [0.25, 0.3) is 0 Å². The molecule has 1 saturated heterocycles. The molecule has 0 atom stereocenters. The Hall–Kier alpha value is -3.02. The second-order valence-corrected chi connectivity index (χ2v) is 6.83. The number of carbonyl (C=O) groups excluding carboxylic acids is 1. The minimum Gasteiger partial charge on any atom is -0.370 e. The Bertz CT molecular complexity index is 811. The molecule has 0 spiro atoms. The molecule has 0 unspecified atom stereocenters. The van der Waals surface area contributed by atoms with E-state index in [9.17, 15) is 4.79 Å². The molecule has 1 heterocycles. The third-order valence-corrected chi connectivity index (χ3v) is 4.92. The van der Waals surface area contributed by atoms with Gasteiger partial charge in [-0.15, -0.1) is 0 Å². The van der Waals surface area contributed by atoms with Gasteiger partial charge in [-0.1, -0.05) is 24.3 Å². The van der Waals surface area contributed by atoms with Gasteiger partial charge < -0.3 is 20.9 Å². The first-order valence-electron chi connectivity index (χ1n) is 9.25. The first-order chi connectivity index (χ1) is 13.0. The zero-order chi connectivity index (χ0) is 19.2. The lowest BCUT2D eigenvalue weighted by Gasteiger charge is -2.35. The number of rotatable bonds is 4. The van der Waals surface area contributed by atoms with Crippen LogP contribution in [0.5, 0.6) is 0 Å². The number of aliphatic imine (C=N–C) groups is 1. The Morgan fingerprint density at radius 1 is 1.04 bits per heavy atom. The van der Waals surface area contributed by atoms with Crippen molar-refractivity contribution >= 4 is 23.2 Å². The summed E-state index contributed by atoms with van der Waals surface area (Å²) >= 11 is 0. The molecule has 0 saturated carbocycles. The minimum absolute atomic E-state index is 0.00699. The van der Waals surface area contributed by atoms with Crippen LogP contribution in [0.2, 0.25) is 0 Å². The zero-order valence-corrected chi connectivity index (χ0v) is 16.0. The zero-order valence-electron chi connectivity index (χ0n) is 16.0. The van der Waals surface area contributed by atoms with Crippen LogP contribution in [0.1, 0.15) is 11.1 Å².